The van der Waals surface area contributed by atoms with Crippen LogP contribution < -0.4 is 0 Å². The Labute approximate surface area is 149 Å². The zero-order valence-corrected chi connectivity index (χ0v) is 17.0. The van der Waals surface area contributed by atoms with Gasteiger partial charge in [0.2, 0.25) is 0 Å². The summed E-state index contributed by atoms with van der Waals surface area (Å²) in [4.78, 5) is 25.5. The second kappa shape index (κ2) is 7.51. The highest BCUT2D eigenvalue weighted by atomic mass is 79.9. The van der Waals surface area contributed by atoms with E-state index in [2.05, 4.69) is 31.9 Å². The van der Waals surface area contributed by atoms with Crippen molar-refractivity contribution in [2.75, 3.05) is 13.1 Å². The highest BCUT2D eigenvalue weighted by Gasteiger charge is 2.38. The first-order valence-electron chi connectivity index (χ1n) is 7.41. The standard InChI is InChI=1S/C15H25Br2NO4/c1-14(2,3)22-13(20)18-8-6-10(7-9-18)15(4,5)21-12(19)11(16)17/h10-11H,6-9H2,1-5H3. The average molecular weight is 443 g/mol. The maximum absolute atomic E-state index is 12.0. The summed E-state index contributed by atoms with van der Waals surface area (Å²) in [5, 5.41) is 0. The number of halogens is 2. The van der Waals surface area contributed by atoms with Gasteiger partial charge >= 0.3 is 12.1 Å². The number of hydrogen-bond donors (Lipinski definition) is 0. The molecular formula is C15H25Br2NO4. The largest absolute Gasteiger partial charge is 0.458 e. The number of carbonyl (C=O) groups is 2. The fourth-order valence-corrected chi connectivity index (χ4v) is 2.66. The molecule has 128 valence electrons. The lowest BCUT2D eigenvalue weighted by molar-refractivity contribution is -0.160. The SMILES string of the molecule is CC(C)(C)OC(=O)N1CCC(C(C)(C)OC(=O)C(Br)Br)CC1. The summed E-state index contributed by atoms with van der Waals surface area (Å²) in [5.74, 6) is -0.117. The van der Waals surface area contributed by atoms with Gasteiger partial charge < -0.3 is 14.4 Å². The Morgan fingerprint density at radius 2 is 1.55 bits per heavy atom. The second-order valence-corrected chi connectivity index (χ2v) is 10.1. The zero-order valence-electron chi connectivity index (χ0n) is 13.8. The van der Waals surface area contributed by atoms with E-state index in [1.54, 1.807) is 4.90 Å². The van der Waals surface area contributed by atoms with Crippen molar-refractivity contribution in [1.82, 2.24) is 4.90 Å². The Kier molecular flexibility index (Phi) is 6.74. The van der Waals surface area contributed by atoms with Crippen LogP contribution in [-0.4, -0.2) is 45.0 Å². The average Bonchev–Trinajstić information content (AvgIpc) is 2.36. The Bertz CT molecular complexity index is 410. The lowest BCUT2D eigenvalue weighted by atomic mass is 9.83. The number of piperidine rings is 1. The number of hydrogen-bond acceptors (Lipinski definition) is 4. The van der Waals surface area contributed by atoms with Crippen molar-refractivity contribution < 1.29 is 19.1 Å². The van der Waals surface area contributed by atoms with Crippen molar-refractivity contribution in [3.05, 3.63) is 0 Å². The Balaban J connectivity index is 2.54. The lowest BCUT2D eigenvalue weighted by Gasteiger charge is -2.40. The summed E-state index contributed by atoms with van der Waals surface area (Å²) in [7, 11) is 0. The number of rotatable bonds is 3. The quantitative estimate of drug-likeness (QED) is 0.488. The van der Waals surface area contributed by atoms with Crippen LogP contribution in [0.2, 0.25) is 0 Å². The molecule has 1 aliphatic heterocycles. The minimum absolute atomic E-state index is 0.217. The van der Waals surface area contributed by atoms with Crippen LogP contribution in [0, 0.1) is 5.92 Å². The summed E-state index contributed by atoms with van der Waals surface area (Å²) in [6, 6.07) is 0. The molecule has 0 bridgehead atoms. The van der Waals surface area contributed by atoms with Crippen molar-refractivity contribution in [2.24, 2.45) is 5.92 Å². The van der Waals surface area contributed by atoms with Crippen molar-refractivity contribution in [3.8, 4) is 0 Å². The molecule has 0 spiro atoms. The Morgan fingerprint density at radius 3 is 1.95 bits per heavy atom. The fourth-order valence-electron chi connectivity index (χ4n) is 2.47. The van der Waals surface area contributed by atoms with Crippen molar-refractivity contribution >= 4 is 43.9 Å². The van der Waals surface area contributed by atoms with Gasteiger partial charge in [-0.2, -0.15) is 0 Å². The summed E-state index contributed by atoms with van der Waals surface area (Å²) in [5.41, 5.74) is -1.04. The number of ether oxygens (including phenoxy) is 2. The van der Waals surface area contributed by atoms with E-state index < -0.39 is 14.9 Å². The molecule has 1 amide bonds. The third kappa shape index (κ3) is 6.07. The van der Waals surface area contributed by atoms with E-state index >= 15 is 0 Å². The number of likely N-dealkylation sites (tertiary alicyclic amines) is 1. The highest BCUT2D eigenvalue weighted by Crippen LogP contribution is 2.32. The molecule has 7 heteroatoms. The molecule has 0 aromatic carbocycles. The topological polar surface area (TPSA) is 55.8 Å². The smallest absolute Gasteiger partial charge is 0.410 e. The maximum Gasteiger partial charge on any atom is 0.410 e. The highest BCUT2D eigenvalue weighted by molar-refractivity contribution is 9.25. The Hall–Kier alpha value is -0.300. The molecule has 0 radical (unpaired) electrons. The molecule has 1 aliphatic rings. The van der Waals surface area contributed by atoms with E-state index in [-0.39, 0.29) is 18.0 Å². The van der Waals surface area contributed by atoms with Crippen LogP contribution in [0.25, 0.3) is 0 Å². The number of nitrogens with zero attached hydrogens (tertiary/aromatic N) is 1. The minimum atomic E-state index is -0.559. The van der Waals surface area contributed by atoms with E-state index in [0.29, 0.717) is 13.1 Å². The molecule has 1 saturated heterocycles. The van der Waals surface area contributed by atoms with Crippen molar-refractivity contribution in [3.63, 3.8) is 0 Å². The van der Waals surface area contributed by atoms with Crippen LogP contribution in [0.15, 0.2) is 0 Å². The van der Waals surface area contributed by atoms with Gasteiger partial charge in [0.25, 0.3) is 0 Å². The summed E-state index contributed by atoms with van der Waals surface area (Å²) >= 11 is 6.29. The van der Waals surface area contributed by atoms with Gasteiger partial charge in [-0.3, -0.25) is 0 Å². The number of carbonyl (C=O) groups excluding carboxylic acids is 2. The van der Waals surface area contributed by atoms with E-state index in [4.69, 9.17) is 9.47 Å². The van der Waals surface area contributed by atoms with E-state index in [1.807, 2.05) is 34.6 Å². The molecule has 0 atom stereocenters. The predicted molar refractivity (Wildman–Crippen MR) is 92.3 cm³/mol. The van der Waals surface area contributed by atoms with Crippen molar-refractivity contribution in [1.29, 1.82) is 0 Å². The van der Waals surface area contributed by atoms with Crippen molar-refractivity contribution in [2.45, 2.75) is 62.4 Å². The van der Waals surface area contributed by atoms with Gasteiger partial charge in [-0.25, -0.2) is 9.59 Å². The van der Waals surface area contributed by atoms with E-state index in [1.165, 1.54) is 0 Å². The molecule has 0 aliphatic carbocycles. The third-order valence-corrected chi connectivity index (χ3v) is 4.42. The lowest BCUT2D eigenvalue weighted by Crippen LogP contribution is -2.47. The van der Waals surface area contributed by atoms with Gasteiger partial charge in [-0.15, -0.1) is 0 Å². The second-order valence-electron chi connectivity index (χ2n) is 7.07. The molecule has 1 fully saturated rings. The van der Waals surface area contributed by atoms with Crippen LogP contribution in [0.5, 0.6) is 0 Å². The maximum atomic E-state index is 12.0. The first-order valence-corrected chi connectivity index (χ1v) is 9.24. The number of esters is 1. The van der Waals surface area contributed by atoms with Crippen LogP contribution in [0.4, 0.5) is 4.79 Å². The molecule has 0 aromatic rings. The Morgan fingerprint density at radius 1 is 1.05 bits per heavy atom. The molecule has 0 saturated carbocycles. The molecule has 1 heterocycles. The van der Waals surface area contributed by atoms with E-state index in [9.17, 15) is 9.59 Å². The zero-order chi connectivity index (χ0) is 17.1. The molecule has 0 aromatic heterocycles. The molecular weight excluding hydrogens is 418 g/mol. The van der Waals surface area contributed by atoms with Gasteiger partial charge in [0.05, 0.1) is 0 Å². The molecule has 5 nitrogen and oxygen atoms in total. The van der Waals surface area contributed by atoms with Gasteiger partial charge in [0, 0.05) is 19.0 Å². The van der Waals surface area contributed by atoms with Gasteiger partial charge in [-0.05, 0) is 47.5 Å². The monoisotopic (exact) mass is 441 g/mol. The van der Waals surface area contributed by atoms with Gasteiger partial charge in [0.1, 0.15) is 11.2 Å². The third-order valence-electron chi connectivity index (χ3n) is 3.67. The summed E-state index contributed by atoms with van der Waals surface area (Å²) in [6.07, 6.45) is 1.30. The first-order chi connectivity index (χ1) is 9.92. The fraction of sp³-hybridized carbons (Fsp3) is 0.867. The summed E-state index contributed by atoms with van der Waals surface area (Å²) < 4.78 is 10.4. The van der Waals surface area contributed by atoms with E-state index in [0.717, 1.165) is 12.8 Å². The first kappa shape index (κ1) is 19.7. The van der Waals surface area contributed by atoms with Crippen LogP contribution in [-0.2, 0) is 14.3 Å². The van der Waals surface area contributed by atoms with Crippen LogP contribution in [0.1, 0.15) is 47.5 Å². The normalized spacial score (nSPS) is 17.5. The van der Waals surface area contributed by atoms with Crippen LogP contribution >= 0.6 is 31.9 Å². The molecule has 1 rings (SSSR count). The van der Waals surface area contributed by atoms with Crippen LogP contribution in [0.3, 0.4) is 0 Å². The minimum Gasteiger partial charge on any atom is -0.458 e. The molecule has 0 N–H and O–H groups in total. The van der Waals surface area contributed by atoms with Gasteiger partial charge in [0.15, 0.2) is 3.74 Å². The number of amides is 1. The molecule has 22 heavy (non-hydrogen) atoms. The molecule has 0 unspecified atom stereocenters. The number of alkyl halides is 2. The predicted octanol–water partition coefficient (Wildman–Crippen LogP) is 4.07. The van der Waals surface area contributed by atoms with Gasteiger partial charge in [-0.1, -0.05) is 31.9 Å². The summed E-state index contributed by atoms with van der Waals surface area (Å²) in [6.45, 7) is 10.6.